The number of carbonyl (C=O) groups excluding carboxylic acids is 1. The SMILES string of the molecule is Cc1c(C)c2c(c(C)c1O)CCC(C)(C(=O)N1CCC(c3ncc[nH]3)CC1)O2. The standard InChI is InChI=1S/C22H29N3O3/c1-13-14(2)19-17(15(3)18(13)26)5-8-22(4,28-19)21(27)25-11-6-16(7-12-25)20-23-9-10-24-20/h9-10,16,26H,5-8,11-12H2,1-4H3,(H,23,24). The third-order valence-corrected chi connectivity index (χ3v) is 6.66. The summed E-state index contributed by atoms with van der Waals surface area (Å²) < 4.78 is 6.36. The highest BCUT2D eigenvalue weighted by molar-refractivity contribution is 5.86. The van der Waals surface area contributed by atoms with Crippen LogP contribution in [-0.4, -0.2) is 44.6 Å². The molecule has 1 aromatic heterocycles. The summed E-state index contributed by atoms with van der Waals surface area (Å²) in [5.74, 6) is 2.59. The van der Waals surface area contributed by atoms with Gasteiger partial charge in [-0.3, -0.25) is 4.79 Å². The van der Waals surface area contributed by atoms with Gasteiger partial charge in [0.2, 0.25) is 0 Å². The zero-order chi connectivity index (χ0) is 20.1. The zero-order valence-electron chi connectivity index (χ0n) is 17.1. The van der Waals surface area contributed by atoms with Crippen molar-refractivity contribution in [3.63, 3.8) is 0 Å². The minimum atomic E-state index is -0.856. The van der Waals surface area contributed by atoms with Gasteiger partial charge >= 0.3 is 0 Å². The van der Waals surface area contributed by atoms with E-state index in [0.29, 0.717) is 18.1 Å². The van der Waals surface area contributed by atoms with Gasteiger partial charge in [-0.25, -0.2) is 4.98 Å². The van der Waals surface area contributed by atoms with Crippen molar-refractivity contribution in [3.8, 4) is 11.5 Å². The van der Waals surface area contributed by atoms with Crippen LogP contribution in [0.15, 0.2) is 12.4 Å². The Morgan fingerprint density at radius 2 is 1.96 bits per heavy atom. The summed E-state index contributed by atoms with van der Waals surface area (Å²) in [6.45, 7) is 9.14. The predicted octanol–water partition coefficient (Wildman–Crippen LogP) is 3.53. The van der Waals surface area contributed by atoms with E-state index in [0.717, 1.165) is 66.2 Å². The first-order valence-electron chi connectivity index (χ1n) is 10.1. The Kier molecular flexibility index (Phi) is 4.60. The van der Waals surface area contributed by atoms with E-state index in [1.807, 2.05) is 38.8 Å². The summed E-state index contributed by atoms with van der Waals surface area (Å²) >= 11 is 0. The van der Waals surface area contributed by atoms with E-state index in [2.05, 4.69) is 9.97 Å². The number of H-pyrrole nitrogens is 1. The number of rotatable bonds is 2. The number of benzene rings is 1. The number of carbonyl (C=O) groups is 1. The molecule has 1 aromatic carbocycles. The van der Waals surface area contributed by atoms with Crippen LogP contribution in [0.2, 0.25) is 0 Å². The number of amides is 1. The molecule has 1 atom stereocenters. The van der Waals surface area contributed by atoms with Crippen LogP contribution in [0.4, 0.5) is 0 Å². The molecule has 150 valence electrons. The van der Waals surface area contributed by atoms with Crippen LogP contribution in [0.1, 0.15) is 60.2 Å². The van der Waals surface area contributed by atoms with Crippen molar-refractivity contribution in [2.45, 2.75) is 64.9 Å². The van der Waals surface area contributed by atoms with Crippen LogP contribution in [0, 0.1) is 20.8 Å². The molecule has 1 unspecified atom stereocenters. The molecule has 0 spiro atoms. The second-order valence-corrected chi connectivity index (χ2v) is 8.41. The number of fused-ring (bicyclic) bond motifs is 1. The van der Waals surface area contributed by atoms with Gasteiger partial charge in [-0.1, -0.05) is 0 Å². The van der Waals surface area contributed by atoms with Gasteiger partial charge in [-0.15, -0.1) is 0 Å². The number of nitrogens with one attached hydrogen (secondary N) is 1. The average molecular weight is 383 g/mol. The fourth-order valence-electron chi connectivity index (χ4n) is 4.59. The number of aromatic amines is 1. The van der Waals surface area contributed by atoms with Crippen molar-refractivity contribution in [3.05, 3.63) is 40.5 Å². The topological polar surface area (TPSA) is 78.5 Å². The number of nitrogens with zero attached hydrogens (tertiary/aromatic N) is 2. The Bertz CT molecular complexity index is 898. The summed E-state index contributed by atoms with van der Waals surface area (Å²) in [5.41, 5.74) is 2.79. The summed E-state index contributed by atoms with van der Waals surface area (Å²) in [4.78, 5) is 22.9. The van der Waals surface area contributed by atoms with Crippen LogP contribution in [0.25, 0.3) is 0 Å². The summed E-state index contributed by atoms with van der Waals surface area (Å²) in [5, 5.41) is 10.4. The molecule has 28 heavy (non-hydrogen) atoms. The lowest BCUT2D eigenvalue weighted by Crippen LogP contribution is -2.54. The van der Waals surface area contributed by atoms with Crippen molar-refractivity contribution in [1.29, 1.82) is 0 Å². The number of phenolic OH excluding ortho intramolecular Hbond substituents is 1. The van der Waals surface area contributed by atoms with E-state index in [9.17, 15) is 9.90 Å². The number of phenols is 1. The number of aromatic nitrogens is 2. The van der Waals surface area contributed by atoms with Gasteiger partial charge in [-0.2, -0.15) is 0 Å². The van der Waals surface area contributed by atoms with Crippen molar-refractivity contribution in [2.24, 2.45) is 0 Å². The number of imidazole rings is 1. The highest BCUT2D eigenvalue weighted by atomic mass is 16.5. The van der Waals surface area contributed by atoms with E-state index in [1.165, 1.54) is 0 Å². The van der Waals surface area contributed by atoms with Gasteiger partial charge in [-0.05, 0) is 63.6 Å². The molecule has 2 aliphatic heterocycles. The highest BCUT2D eigenvalue weighted by Crippen LogP contribution is 2.44. The average Bonchev–Trinajstić information content (AvgIpc) is 3.25. The largest absolute Gasteiger partial charge is 0.507 e. The third-order valence-electron chi connectivity index (χ3n) is 6.66. The Hall–Kier alpha value is -2.50. The smallest absolute Gasteiger partial charge is 0.266 e. The second kappa shape index (κ2) is 6.83. The van der Waals surface area contributed by atoms with Gasteiger partial charge in [0, 0.05) is 43.4 Å². The number of aromatic hydroxyl groups is 1. The lowest BCUT2D eigenvalue weighted by molar-refractivity contribution is -0.149. The van der Waals surface area contributed by atoms with E-state index in [-0.39, 0.29) is 5.91 Å². The van der Waals surface area contributed by atoms with Crippen molar-refractivity contribution in [2.75, 3.05) is 13.1 Å². The molecule has 0 bridgehead atoms. The molecule has 1 saturated heterocycles. The predicted molar refractivity (Wildman–Crippen MR) is 107 cm³/mol. The molecule has 0 radical (unpaired) electrons. The van der Waals surface area contributed by atoms with Gasteiger partial charge in [0.15, 0.2) is 5.60 Å². The zero-order valence-corrected chi connectivity index (χ0v) is 17.1. The van der Waals surface area contributed by atoms with Crippen molar-refractivity contribution < 1.29 is 14.6 Å². The first-order valence-corrected chi connectivity index (χ1v) is 10.1. The van der Waals surface area contributed by atoms with Gasteiger partial charge in [0.1, 0.15) is 17.3 Å². The molecule has 0 saturated carbocycles. The number of likely N-dealkylation sites (tertiary alicyclic amines) is 1. The molecule has 2 N–H and O–H groups in total. The molecule has 3 heterocycles. The summed E-state index contributed by atoms with van der Waals surface area (Å²) in [6.07, 6.45) is 6.82. The molecule has 0 aliphatic carbocycles. The molecule has 1 fully saturated rings. The molecule has 4 rings (SSSR count). The summed E-state index contributed by atoms with van der Waals surface area (Å²) in [6, 6.07) is 0. The maximum Gasteiger partial charge on any atom is 0.266 e. The fourth-order valence-corrected chi connectivity index (χ4v) is 4.59. The van der Waals surface area contributed by atoms with E-state index in [1.54, 1.807) is 6.20 Å². The fraction of sp³-hybridized carbons (Fsp3) is 0.545. The minimum absolute atomic E-state index is 0.0684. The Morgan fingerprint density at radius 1 is 1.25 bits per heavy atom. The van der Waals surface area contributed by atoms with Gasteiger partial charge < -0.3 is 19.7 Å². The van der Waals surface area contributed by atoms with Crippen LogP contribution < -0.4 is 4.74 Å². The summed E-state index contributed by atoms with van der Waals surface area (Å²) in [7, 11) is 0. The highest BCUT2D eigenvalue weighted by Gasteiger charge is 2.44. The Morgan fingerprint density at radius 3 is 2.61 bits per heavy atom. The molecule has 6 heteroatoms. The number of hydrogen-bond acceptors (Lipinski definition) is 4. The second-order valence-electron chi connectivity index (χ2n) is 8.41. The van der Waals surface area contributed by atoms with Crippen LogP contribution >= 0.6 is 0 Å². The molecule has 6 nitrogen and oxygen atoms in total. The van der Waals surface area contributed by atoms with Crippen molar-refractivity contribution >= 4 is 5.91 Å². The van der Waals surface area contributed by atoms with Gasteiger partial charge in [0.05, 0.1) is 0 Å². The van der Waals surface area contributed by atoms with Crippen molar-refractivity contribution in [1.82, 2.24) is 14.9 Å². The molecule has 1 amide bonds. The maximum atomic E-state index is 13.4. The Labute approximate surface area is 165 Å². The van der Waals surface area contributed by atoms with Crippen LogP contribution in [0.5, 0.6) is 11.5 Å². The number of hydrogen-bond donors (Lipinski definition) is 2. The van der Waals surface area contributed by atoms with Crippen LogP contribution in [0.3, 0.4) is 0 Å². The molecular weight excluding hydrogens is 354 g/mol. The third kappa shape index (κ3) is 2.95. The first kappa shape index (κ1) is 18.8. The minimum Gasteiger partial charge on any atom is -0.507 e. The monoisotopic (exact) mass is 383 g/mol. The lowest BCUT2D eigenvalue weighted by atomic mass is 9.85. The number of piperidine rings is 1. The quantitative estimate of drug-likeness (QED) is 0.832. The van der Waals surface area contributed by atoms with E-state index in [4.69, 9.17) is 4.74 Å². The normalized spacial score (nSPS) is 22.6. The van der Waals surface area contributed by atoms with E-state index >= 15 is 0 Å². The van der Waals surface area contributed by atoms with Gasteiger partial charge in [0.25, 0.3) is 5.91 Å². The molecule has 2 aromatic rings. The van der Waals surface area contributed by atoms with E-state index < -0.39 is 5.60 Å². The molecule has 2 aliphatic rings. The maximum absolute atomic E-state index is 13.4. The Balaban J connectivity index is 1.52. The lowest BCUT2D eigenvalue weighted by Gasteiger charge is -2.41. The first-order chi connectivity index (χ1) is 13.3. The molecular formula is C22H29N3O3. The van der Waals surface area contributed by atoms with Crippen LogP contribution in [-0.2, 0) is 11.2 Å². The number of ether oxygens (including phenoxy) is 1.